The van der Waals surface area contributed by atoms with Crippen molar-refractivity contribution in [1.29, 1.82) is 0 Å². The van der Waals surface area contributed by atoms with Gasteiger partial charge in [0, 0.05) is 24.7 Å². The molecule has 0 spiro atoms. The van der Waals surface area contributed by atoms with Crippen LogP contribution < -0.4 is 5.73 Å². The summed E-state index contributed by atoms with van der Waals surface area (Å²) in [4.78, 5) is 2.21. The monoisotopic (exact) mass is 214 g/mol. The number of allylic oxidation sites excluding steroid dienone is 2. The summed E-state index contributed by atoms with van der Waals surface area (Å²) in [5.41, 5.74) is 6.49. The molecule has 0 aromatic rings. The topological polar surface area (TPSA) is 29.3 Å². The molecular weight excluding hydrogens is 196 g/mol. The van der Waals surface area contributed by atoms with E-state index in [0.717, 1.165) is 25.2 Å². The molecule has 0 aliphatic carbocycles. The minimum atomic E-state index is 0.570. The fourth-order valence-corrected chi connectivity index (χ4v) is 1.27. The molecule has 0 aliphatic heterocycles. The molecule has 0 rings (SSSR count). The molecule has 3 heteroatoms. The highest BCUT2D eigenvalue weighted by atomic mass is 35.5. The minimum absolute atomic E-state index is 0.570. The lowest BCUT2D eigenvalue weighted by Crippen LogP contribution is -2.31. The number of rotatable bonds is 7. The zero-order valence-electron chi connectivity index (χ0n) is 8.80. The molecule has 0 amide bonds. The van der Waals surface area contributed by atoms with Gasteiger partial charge in [0.15, 0.2) is 0 Å². The first-order chi connectivity index (χ1) is 6.65. The number of halogens is 1. The molecule has 0 aromatic heterocycles. The van der Waals surface area contributed by atoms with Crippen LogP contribution in [0.5, 0.6) is 0 Å². The molecule has 0 saturated carbocycles. The predicted octanol–water partition coefficient (Wildman–Crippen LogP) is 2.13. The highest BCUT2D eigenvalue weighted by Gasteiger charge is 2.05. The molecule has 0 atom stereocenters. The summed E-state index contributed by atoms with van der Waals surface area (Å²) in [6.07, 6.45) is 3.60. The normalized spacial score (nSPS) is 11.9. The van der Waals surface area contributed by atoms with Crippen LogP contribution in [0.15, 0.2) is 35.9 Å². The molecule has 0 heterocycles. The van der Waals surface area contributed by atoms with Gasteiger partial charge in [-0.15, -0.1) is 0 Å². The Morgan fingerprint density at radius 2 is 2.21 bits per heavy atom. The lowest BCUT2D eigenvalue weighted by molar-refractivity contribution is 0.323. The highest BCUT2D eigenvalue weighted by Crippen LogP contribution is 2.13. The maximum atomic E-state index is 5.86. The van der Waals surface area contributed by atoms with Crippen molar-refractivity contribution in [2.75, 3.05) is 26.2 Å². The molecule has 0 radical (unpaired) electrons. The summed E-state index contributed by atoms with van der Waals surface area (Å²) >= 11 is 5.86. The lowest BCUT2D eigenvalue weighted by atomic mass is 10.2. The average Bonchev–Trinajstić information content (AvgIpc) is 2.15. The van der Waals surface area contributed by atoms with Gasteiger partial charge in [-0.25, -0.2) is 0 Å². The summed E-state index contributed by atoms with van der Waals surface area (Å²) in [5, 5.41) is 0.570. The van der Waals surface area contributed by atoms with Gasteiger partial charge >= 0.3 is 0 Å². The van der Waals surface area contributed by atoms with E-state index in [0.29, 0.717) is 11.6 Å². The average molecular weight is 215 g/mol. The zero-order chi connectivity index (χ0) is 11.0. The summed E-state index contributed by atoms with van der Waals surface area (Å²) in [7, 11) is 0. The van der Waals surface area contributed by atoms with Crippen LogP contribution in [0.1, 0.15) is 6.92 Å². The molecule has 0 saturated heterocycles. The van der Waals surface area contributed by atoms with Gasteiger partial charge in [0.1, 0.15) is 0 Å². The summed E-state index contributed by atoms with van der Waals surface area (Å²) < 4.78 is 0. The van der Waals surface area contributed by atoms with Gasteiger partial charge in [-0.1, -0.05) is 43.8 Å². The van der Waals surface area contributed by atoms with Crippen LogP contribution >= 0.6 is 11.6 Å². The molecule has 0 unspecified atom stereocenters. The van der Waals surface area contributed by atoms with Crippen LogP contribution in [0.2, 0.25) is 0 Å². The van der Waals surface area contributed by atoms with Gasteiger partial charge in [-0.2, -0.15) is 0 Å². The summed E-state index contributed by atoms with van der Waals surface area (Å²) in [6, 6.07) is 0. The quantitative estimate of drug-likeness (QED) is 0.658. The van der Waals surface area contributed by atoms with E-state index >= 15 is 0 Å². The van der Waals surface area contributed by atoms with E-state index in [1.807, 2.05) is 6.08 Å². The van der Waals surface area contributed by atoms with Crippen molar-refractivity contribution in [1.82, 2.24) is 4.90 Å². The Hall–Kier alpha value is -0.570. The van der Waals surface area contributed by atoms with E-state index in [1.54, 1.807) is 6.08 Å². The van der Waals surface area contributed by atoms with Crippen LogP contribution in [-0.2, 0) is 0 Å². The number of hydrogen-bond donors (Lipinski definition) is 1. The fourth-order valence-electron chi connectivity index (χ4n) is 1.14. The molecule has 80 valence electrons. The van der Waals surface area contributed by atoms with Gasteiger partial charge in [-0.05, 0) is 12.1 Å². The zero-order valence-corrected chi connectivity index (χ0v) is 9.56. The van der Waals surface area contributed by atoms with E-state index in [1.165, 1.54) is 0 Å². The molecule has 0 aliphatic rings. The molecule has 2 N–H and O–H groups in total. The smallest absolute Gasteiger partial charge is 0.0379 e. The van der Waals surface area contributed by atoms with Gasteiger partial charge in [0.05, 0.1) is 0 Å². The number of likely N-dealkylation sites (N-methyl/N-ethyl adjacent to an activating group) is 1. The molecule has 0 aromatic carbocycles. The number of hydrogen-bond acceptors (Lipinski definition) is 2. The summed E-state index contributed by atoms with van der Waals surface area (Å²) in [6.45, 7) is 12.7. The molecule has 2 nitrogen and oxygen atoms in total. The first-order valence-electron chi connectivity index (χ1n) is 4.74. The third-order valence-corrected chi connectivity index (χ3v) is 2.20. The van der Waals surface area contributed by atoms with Crippen LogP contribution in [0.3, 0.4) is 0 Å². The number of nitrogens with zero attached hydrogens (tertiary/aromatic N) is 1. The first-order valence-corrected chi connectivity index (χ1v) is 5.12. The van der Waals surface area contributed by atoms with Crippen molar-refractivity contribution in [2.45, 2.75) is 6.92 Å². The van der Waals surface area contributed by atoms with Crippen LogP contribution in [0, 0.1) is 0 Å². The van der Waals surface area contributed by atoms with Crippen molar-refractivity contribution in [2.24, 2.45) is 5.73 Å². The third-order valence-electron chi connectivity index (χ3n) is 1.95. The molecule has 14 heavy (non-hydrogen) atoms. The van der Waals surface area contributed by atoms with Crippen molar-refractivity contribution < 1.29 is 0 Å². The third kappa shape index (κ3) is 5.22. The predicted molar refractivity (Wildman–Crippen MR) is 64.4 cm³/mol. The standard InChI is InChI=1S/C11H19ClN2/c1-4-6-11(10(3)12)9-14(5-2)8-7-13/h4,6H,1,3,5,7-9,13H2,2H3/b11-6-. The second-order valence-corrected chi connectivity index (χ2v) is 3.45. The second-order valence-electron chi connectivity index (χ2n) is 2.99. The van der Waals surface area contributed by atoms with Crippen molar-refractivity contribution in [3.8, 4) is 0 Å². The van der Waals surface area contributed by atoms with Gasteiger partial charge < -0.3 is 5.73 Å². The van der Waals surface area contributed by atoms with Gasteiger partial charge in [0.2, 0.25) is 0 Å². The van der Waals surface area contributed by atoms with E-state index in [4.69, 9.17) is 17.3 Å². The van der Waals surface area contributed by atoms with Gasteiger partial charge in [-0.3, -0.25) is 4.90 Å². The Labute approximate surface area is 91.7 Å². The SMILES string of the molecule is C=C/C=C(/CN(CC)CCN)C(=C)Cl. The van der Waals surface area contributed by atoms with E-state index in [-0.39, 0.29) is 0 Å². The number of nitrogens with two attached hydrogens (primary N) is 1. The maximum absolute atomic E-state index is 5.86. The first kappa shape index (κ1) is 13.4. The minimum Gasteiger partial charge on any atom is -0.329 e. The lowest BCUT2D eigenvalue weighted by Gasteiger charge is -2.20. The van der Waals surface area contributed by atoms with Gasteiger partial charge in [0.25, 0.3) is 0 Å². The molecular formula is C11H19ClN2. The van der Waals surface area contributed by atoms with E-state index in [9.17, 15) is 0 Å². The Morgan fingerprint density at radius 1 is 1.57 bits per heavy atom. The van der Waals surface area contributed by atoms with E-state index < -0.39 is 0 Å². The van der Waals surface area contributed by atoms with Crippen LogP contribution in [-0.4, -0.2) is 31.1 Å². The Morgan fingerprint density at radius 3 is 2.57 bits per heavy atom. The Kier molecular flexibility index (Phi) is 7.48. The Bertz CT molecular complexity index is 221. The highest BCUT2D eigenvalue weighted by molar-refractivity contribution is 6.31. The van der Waals surface area contributed by atoms with Crippen molar-refractivity contribution in [3.63, 3.8) is 0 Å². The second kappa shape index (κ2) is 7.80. The molecule has 0 bridgehead atoms. The largest absolute Gasteiger partial charge is 0.329 e. The maximum Gasteiger partial charge on any atom is 0.0379 e. The Balaban J connectivity index is 4.33. The van der Waals surface area contributed by atoms with Crippen molar-refractivity contribution >= 4 is 11.6 Å². The molecule has 0 fully saturated rings. The van der Waals surface area contributed by atoms with Crippen molar-refractivity contribution in [3.05, 3.63) is 35.9 Å². The fraction of sp³-hybridized carbons (Fsp3) is 0.455. The van der Waals surface area contributed by atoms with Crippen LogP contribution in [0.25, 0.3) is 0 Å². The summed E-state index contributed by atoms with van der Waals surface area (Å²) in [5.74, 6) is 0. The van der Waals surface area contributed by atoms with E-state index in [2.05, 4.69) is 25.0 Å². The van der Waals surface area contributed by atoms with Crippen LogP contribution in [0.4, 0.5) is 0 Å².